The Morgan fingerprint density at radius 2 is 1.93 bits per heavy atom. The highest BCUT2D eigenvalue weighted by Gasteiger charge is 2.24. The van der Waals surface area contributed by atoms with Gasteiger partial charge in [0.25, 0.3) is 11.2 Å². The molecule has 9 heteroatoms. The van der Waals surface area contributed by atoms with Gasteiger partial charge in [-0.1, -0.05) is 38.7 Å². The molecule has 30 heavy (non-hydrogen) atoms. The minimum Gasteiger partial charge on any atom is -0.361 e. The van der Waals surface area contributed by atoms with Gasteiger partial charge >= 0.3 is 0 Å². The van der Waals surface area contributed by atoms with Crippen LogP contribution in [-0.2, 0) is 17.9 Å². The maximum atomic E-state index is 13.4. The van der Waals surface area contributed by atoms with Crippen molar-refractivity contribution in [1.82, 2.24) is 14.0 Å². The van der Waals surface area contributed by atoms with Crippen LogP contribution in [0.25, 0.3) is 16.9 Å². The molecule has 0 radical (unpaired) electrons. The number of para-hydroxylation sites is 1. The van der Waals surface area contributed by atoms with Crippen molar-refractivity contribution in [3.8, 4) is 11.1 Å². The maximum Gasteiger partial charge on any atom is 0.277 e. The number of nitro groups is 1. The zero-order valence-electron chi connectivity index (χ0n) is 18.1. The fraction of sp³-hybridized carbons (Fsp3) is 0.429. The van der Waals surface area contributed by atoms with Gasteiger partial charge in [0, 0.05) is 32.6 Å². The van der Waals surface area contributed by atoms with Gasteiger partial charge in [0.05, 0.1) is 21.7 Å². The SMILES string of the molecule is CCc1c(-c2ccccc2[N+](=O)[O-])c(=O)n2cc(C)nc2n1COCC[Si](C)(C)C. The third kappa shape index (κ3) is 4.36. The van der Waals surface area contributed by atoms with Crippen molar-refractivity contribution in [3.63, 3.8) is 0 Å². The third-order valence-electron chi connectivity index (χ3n) is 5.02. The second-order valence-electron chi connectivity index (χ2n) is 8.58. The molecule has 2 heterocycles. The largest absolute Gasteiger partial charge is 0.361 e. The summed E-state index contributed by atoms with van der Waals surface area (Å²) in [5.41, 5.74) is 1.61. The Hall–Kier alpha value is -2.78. The first-order chi connectivity index (χ1) is 14.1. The fourth-order valence-corrected chi connectivity index (χ4v) is 4.23. The van der Waals surface area contributed by atoms with E-state index in [1.165, 1.54) is 10.5 Å². The lowest BCUT2D eigenvalue weighted by Gasteiger charge is -2.20. The molecule has 0 saturated heterocycles. The summed E-state index contributed by atoms with van der Waals surface area (Å²) in [6.07, 6.45) is 2.17. The lowest BCUT2D eigenvalue weighted by Crippen LogP contribution is -2.26. The summed E-state index contributed by atoms with van der Waals surface area (Å²) in [7, 11) is -1.24. The summed E-state index contributed by atoms with van der Waals surface area (Å²) >= 11 is 0. The molecule has 160 valence electrons. The number of hydrogen-bond acceptors (Lipinski definition) is 5. The Balaban J connectivity index is 2.20. The molecule has 0 spiro atoms. The highest BCUT2D eigenvalue weighted by Crippen LogP contribution is 2.30. The molecule has 0 unspecified atom stereocenters. The van der Waals surface area contributed by atoms with Crippen molar-refractivity contribution in [2.75, 3.05) is 6.61 Å². The Bertz CT molecular complexity index is 1140. The molecule has 0 amide bonds. The first-order valence-corrected chi connectivity index (χ1v) is 13.8. The molecule has 0 N–H and O–H groups in total. The van der Waals surface area contributed by atoms with E-state index < -0.39 is 13.0 Å². The summed E-state index contributed by atoms with van der Waals surface area (Å²) < 4.78 is 9.30. The molecule has 0 bridgehead atoms. The predicted molar refractivity (Wildman–Crippen MR) is 120 cm³/mol. The van der Waals surface area contributed by atoms with E-state index in [9.17, 15) is 14.9 Å². The van der Waals surface area contributed by atoms with Crippen LogP contribution in [0.4, 0.5) is 5.69 Å². The van der Waals surface area contributed by atoms with Crippen molar-refractivity contribution < 1.29 is 9.66 Å². The van der Waals surface area contributed by atoms with Crippen LogP contribution in [-0.4, -0.2) is 33.6 Å². The molecule has 0 aliphatic carbocycles. The summed E-state index contributed by atoms with van der Waals surface area (Å²) in [4.78, 5) is 29.1. The number of nitrogens with zero attached hydrogens (tertiary/aromatic N) is 4. The molecule has 3 rings (SSSR count). The van der Waals surface area contributed by atoms with Crippen LogP contribution in [0.2, 0.25) is 25.7 Å². The normalized spacial score (nSPS) is 11.9. The second kappa shape index (κ2) is 8.53. The number of hydrogen-bond donors (Lipinski definition) is 0. The quantitative estimate of drug-likeness (QED) is 0.231. The third-order valence-corrected chi connectivity index (χ3v) is 6.72. The number of benzene rings is 1. The number of ether oxygens (including phenoxy) is 1. The molecule has 8 nitrogen and oxygen atoms in total. The number of aromatic nitrogens is 3. The number of rotatable bonds is 8. The molecule has 0 fully saturated rings. The standard InChI is InChI=1S/C21H28N4O4Si/c1-6-17-19(16-9-7-8-10-18(16)25(27)28)20(26)23-13-15(2)22-21(23)24(17)14-29-11-12-30(3,4)5/h7-10,13H,6,11-12,14H2,1-5H3. The predicted octanol–water partition coefficient (Wildman–Crippen LogP) is 4.25. The van der Waals surface area contributed by atoms with E-state index in [0.29, 0.717) is 41.3 Å². The van der Waals surface area contributed by atoms with Crippen LogP contribution < -0.4 is 5.56 Å². The molecule has 0 aliphatic rings. The molecule has 1 aromatic carbocycles. The molecule has 0 saturated carbocycles. The molecule has 0 aliphatic heterocycles. The van der Waals surface area contributed by atoms with Gasteiger partial charge in [0.15, 0.2) is 0 Å². The van der Waals surface area contributed by atoms with Gasteiger partial charge in [-0.25, -0.2) is 4.98 Å². The number of nitro benzene ring substituents is 1. The summed E-state index contributed by atoms with van der Waals surface area (Å²) in [6.45, 7) is 11.5. The smallest absolute Gasteiger partial charge is 0.277 e. The monoisotopic (exact) mass is 428 g/mol. The lowest BCUT2D eigenvalue weighted by molar-refractivity contribution is -0.384. The molecular formula is C21H28N4O4Si. The van der Waals surface area contributed by atoms with E-state index in [0.717, 1.165) is 6.04 Å². The first kappa shape index (κ1) is 21.9. The zero-order valence-corrected chi connectivity index (χ0v) is 19.1. The minimum atomic E-state index is -1.24. The van der Waals surface area contributed by atoms with Crippen LogP contribution in [0.1, 0.15) is 18.3 Å². The van der Waals surface area contributed by atoms with Gasteiger partial charge in [0.2, 0.25) is 5.78 Å². The van der Waals surface area contributed by atoms with Gasteiger partial charge in [0.1, 0.15) is 6.73 Å². The van der Waals surface area contributed by atoms with E-state index in [1.807, 2.05) is 18.4 Å². The zero-order chi connectivity index (χ0) is 22.1. The molecular weight excluding hydrogens is 400 g/mol. The summed E-state index contributed by atoms with van der Waals surface area (Å²) in [5, 5.41) is 11.6. The summed E-state index contributed by atoms with van der Waals surface area (Å²) in [6, 6.07) is 7.38. The van der Waals surface area contributed by atoms with E-state index in [4.69, 9.17) is 4.74 Å². The topological polar surface area (TPSA) is 91.7 Å². The van der Waals surface area contributed by atoms with E-state index >= 15 is 0 Å². The van der Waals surface area contributed by atoms with E-state index in [2.05, 4.69) is 24.6 Å². The van der Waals surface area contributed by atoms with Gasteiger partial charge in [-0.3, -0.25) is 23.9 Å². The van der Waals surface area contributed by atoms with Gasteiger partial charge < -0.3 is 4.74 Å². The Labute approximate surface area is 176 Å². The average Bonchev–Trinajstić information content (AvgIpc) is 3.07. The highest BCUT2D eigenvalue weighted by atomic mass is 28.3. The molecule has 3 aromatic rings. The number of aryl methyl sites for hydroxylation is 1. The fourth-order valence-electron chi connectivity index (χ4n) is 3.48. The van der Waals surface area contributed by atoms with E-state index in [1.54, 1.807) is 24.4 Å². The lowest BCUT2D eigenvalue weighted by atomic mass is 10.0. The Morgan fingerprint density at radius 3 is 2.57 bits per heavy atom. The van der Waals surface area contributed by atoms with Crippen LogP contribution in [0.3, 0.4) is 0 Å². The highest BCUT2D eigenvalue weighted by molar-refractivity contribution is 6.76. The molecule has 0 atom stereocenters. The number of fused-ring (bicyclic) bond motifs is 1. The van der Waals surface area contributed by atoms with Crippen molar-refractivity contribution >= 4 is 19.5 Å². The first-order valence-electron chi connectivity index (χ1n) is 10.1. The van der Waals surface area contributed by atoms with Crippen molar-refractivity contribution in [3.05, 3.63) is 62.3 Å². The van der Waals surface area contributed by atoms with Crippen LogP contribution in [0, 0.1) is 17.0 Å². The molecule has 2 aromatic heterocycles. The summed E-state index contributed by atoms with van der Waals surface area (Å²) in [5.74, 6) is 0.490. The second-order valence-corrected chi connectivity index (χ2v) is 14.2. The van der Waals surface area contributed by atoms with Gasteiger partial charge in [-0.15, -0.1) is 0 Å². The average molecular weight is 429 g/mol. The van der Waals surface area contributed by atoms with Gasteiger partial charge in [-0.05, 0) is 25.5 Å². The number of imidazole rings is 1. The van der Waals surface area contributed by atoms with Crippen LogP contribution in [0.15, 0.2) is 35.3 Å². The van der Waals surface area contributed by atoms with Crippen molar-refractivity contribution in [1.29, 1.82) is 0 Å². The minimum absolute atomic E-state index is 0.0910. The van der Waals surface area contributed by atoms with Crippen LogP contribution >= 0.6 is 0 Å². The van der Waals surface area contributed by atoms with E-state index in [-0.39, 0.29) is 18.0 Å². The van der Waals surface area contributed by atoms with Crippen molar-refractivity contribution in [2.45, 2.75) is 52.7 Å². The maximum absolute atomic E-state index is 13.4. The van der Waals surface area contributed by atoms with Crippen molar-refractivity contribution in [2.24, 2.45) is 0 Å². The Kier molecular flexibility index (Phi) is 6.23. The van der Waals surface area contributed by atoms with Gasteiger partial charge in [-0.2, -0.15) is 0 Å². The Morgan fingerprint density at radius 1 is 1.23 bits per heavy atom. The van der Waals surface area contributed by atoms with Crippen LogP contribution in [0.5, 0.6) is 0 Å².